The van der Waals surface area contributed by atoms with Crippen LogP contribution in [0.2, 0.25) is 0 Å². The van der Waals surface area contributed by atoms with E-state index in [1.165, 1.54) is 0 Å². The molecule has 11 nitrogen and oxygen atoms in total. The van der Waals surface area contributed by atoms with Gasteiger partial charge in [-0.2, -0.15) is 0 Å². The van der Waals surface area contributed by atoms with Crippen LogP contribution in [-0.4, -0.2) is 65.0 Å². The monoisotopic (exact) mass is 477 g/mol. The van der Waals surface area contributed by atoms with Crippen LogP contribution >= 0.6 is 0 Å². The van der Waals surface area contributed by atoms with Crippen molar-refractivity contribution >= 4 is 23.3 Å². The molecule has 3 N–H and O–H groups in total. The summed E-state index contributed by atoms with van der Waals surface area (Å²) in [5.74, 6) is 1.39. The van der Waals surface area contributed by atoms with E-state index in [1.807, 2.05) is 0 Å². The van der Waals surface area contributed by atoms with E-state index < -0.39 is 5.91 Å². The van der Waals surface area contributed by atoms with Gasteiger partial charge in [-0.05, 0) is 42.5 Å². The third kappa shape index (κ3) is 5.15. The molecule has 1 aromatic heterocycles. The van der Waals surface area contributed by atoms with Gasteiger partial charge in [-0.25, -0.2) is 15.4 Å². The standard InChI is InChI=1S/C24H23N5O6/c30-22(28-32)13-18-12-21(27-23(26-18)16-3-6-19-20(11-16)35-14-34-19)25-17-4-1-15(2-5-17)24(31)29-7-9-33-10-8-29/h1-6,11-12,32H,7-10,13-14H2,(H,28,30)(H,25,26,27). The SMILES string of the molecule is O=C(Cc1cc(Nc2ccc(C(=O)N3CCOCC3)cc2)nc(-c2ccc3c(c2)OCO3)n1)NO. The topological polar surface area (TPSA) is 135 Å². The van der Waals surface area contributed by atoms with Gasteiger partial charge in [-0.15, -0.1) is 0 Å². The highest BCUT2D eigenvalue weighted by Crippen LogP contribution is 2.35. The average Bonchev–Trinajstić information content (AvgIpc) is 3.37. The largest absolute Gasteiger partial charge is 0.454 e. The Kier molecular flexibility index (Phi) is 6.42. The second kappa shape index (κ2) is 9.95. The molecule has 5 rings (SSSR count). The van der Waals surface area contributed by atoms with Gasteiger partial charge in [0.1, 0.15) is 5.82 Å². The second-order valence-electron chi connectivity index (χ2n) is 7.95. The fourth-order valence-electron chi connectivity index (χ4n) is 3.81. The number of amides is 2. The third-order valence-electron chi connectivity index (χ3n) is 5.58. The predicted octanol–water partition coefficient (Wildman–Crippen LogP) is 2.14. The molecule has 0 radical (unpaired) electrons. The van der Waals surface area contributed by atoms with Gasteiger partial charge >= 0.3 is 0 Å². The van der Waals surface area contributed by atoms with Crippen LogP contribution in [0.1, 0.15) is 16.1 Å². The normalized spacial score (nSPS) is 14.5. The van der Waals surface area contributed by atoms with E-state index in [-0.39, 0.29) is 19.1 Å². The average molecular weight is 477 g/mol. The van der Waals surface area contributed by atoms with Crippen molar-refractivity contribution in [3.05, 3.63) is 59.8 Å². The highest BCUT2D eigenvalue weighted by molar-refractivity contribution is 5.94. The summed E-state index contributed by atoms with van der Waals surface area (Å²) in [6.07, 6.45) is -0.141. The lowest BCUT2D eigenvalue weighted by atomic mass is 10.1. The number of morpholine rings is 1. The van der Waals surface area contributed by atoms with Crippen LogP contribution < -0.4 is 20.3 Å². The van der Waals surface area contributed by atoms with Crippen LogP contribution in [-0.2, 0) is 16.0 Å². The number of hydrogen-bond donors (Lipinski definition) is 3. The highest BCUT2D eigenvalue weighted by Gasteiger charge is 2.19. The number of hydroxylamine groups is 1. The van der Waals surface area contributed by atoms with Crippen molar-refractivity contribution in [1.82, 2.24) is 20.3 Å². The second-order valence-corrected chi connectivity index (χ2v) is 7.95. The lowest BCUT2D eigenvalue weighted by molar-refractivity contribution is -0.128. The molecule has 2 aliphatic heterocycles. The van der Waals surface area contributed by atoms with Crippen molar-refractivity contribution in [2.45, 2.75) is 6.42 Å². The van der Waals surface area contributed by atoms with Gasteiger partial charge < -0.3 is 24.4 Å². The molecule has 1 saturated heterocycles. The molecule has 0 atom stereocenters. The van der Waals surface area contributed by atoms with Crippen molar-refractivity contribution in [2.24, 2.45) is 0 Å². The van der Waals surface area contributed by atoms with Crippen LogP contribution in [0, 0.1) is 0 Å². The maximum absolute atomic E-state index is 12.7. The number of benzene rings is 2. The Hall–Kier alpha value is -4.22. The van der Waals surface area contributed by atoms with Gasteiger partial charge in [0.15, 0.2) is 17.3 Å². The molecule has 3 aromatic rings. The summed E-state index contributed by atoms with van der Waals surface area (Å²) in [4.78, 5) is 35.3. The number of carbonyl (C=O) groups excluding carboxylic acids is 2. The van der Waals surface area contributed by atoms with E-state index >= 15 is 0 Å². The number of nitrogens with zero attached hydrogens (tertiary/aromatic N) is 3. The summed E-state index contributed by atoms with van der Waals surface area (Å²) in [7, 11) is 0. The molecule has 0 bridgehead atoms. The lowest BCUT2D eigenvalue weighted by Crippen LogP contribution is -2.40. The number of rotatable bonds is 6. The zero-order valence-corrected chi connectivity index (χ0v) is 18.7. The molecule has 0 saturated carbocycles. The Morgan fingerprint density at radius 1 is 0.971 bits per heavy atom. The quantitative estimate of drug-likeness (QED) is 0.360. The van der Waals surface area contributed by atoms with E-state index in [0.717, 1.165) is 0 Å². The van der Waals surface area contributed by atoms with Crippen LogP contribution in [0.5, 0.6) is 11.5 Å². The first kappa shape index (κ1) is 22.6. The third-order valence-corrected chi connectivity index (χ3v) is 5.58. The van der Waals surface area contributed by atoms with Gasteiger partial charge in [0, 0.05) is 36.0 Å². The molecule has 2 amide bonds. The smallest absolute Gasteiger partial charge is 0.254 e. The number of anilines is 2. The summed E-state index contributed by atoms with van der Waals surface area (Å²) in [6.45, 7) is 2.38. The Bertz CT molecular complexity index is 1240. The number of hydrogen-bond acceptors (Lipinski definition) is 9. The molecule has 0 unspecified atom stereocenters. The molecule has 11 heteroatoms. The summed E-state index contributed by atoms with van der Waals surface area (Å²) in [6, 6.07) is 14.0. The first-order valence-electron chi connectivity index (χ1n) is 11.0. The van der Waals surface area contributed by atoms with E-state index in [2.05, 4.69) is 15.3 Å². The minimum Gasteiger partial charge on any atom is -0.454 e. The van der Waals surface area contributed by atoms with Gasteiger partial charge in [0.05, 0.1) is 25.3 Å². The maximum Gasteiger partial charge on any atom is 0.254 e. The first-order chi connectivity index (χ1) is 17.1. The van der Waals surface area contributed by atoms with E-state index in [4.69, 9.17) is 19.4 Å². The Balaban J connectivity index is 1.39. The van der Waals surface area contributed by atoms with Crippen molar-refractivity contribution in [3.8, 4) is 22.9 Å². The molecule has 3 heterocycles. The van der Waals surface area contributed by atoms with Crippen LogP contribution in [0.25, 0.3) is 11.4 Å². The van der Waals surface area contributed by atoms with Gasteiger partial charge in [-0.1, -0.05) is 0 Å². The van der Waals surface area contributed by atoms with Crippen molar-refractivity contribution in [3.63, 3.8) is 0 Å². The van der Waals surface area contributed by atoms with Gasteiger partial charge in [0.2, 0.25) is 12.7 Å². The predicted molar refractivity (Wildman–Crippen MR) is 124 cm³/mol. The summed E-state index contributed by atoms with van der Waals surface area (Å²) < 4.78 is 16.1. The minimum atomic E-state index is -0.600. The summed E-state index contributed by atoms with van der Waals surface area (Å²) >= 11 is 0. The first-order valence-corrected chi connectivity index (χ1v) is 11.0. The Labute approximate surface area is 200 Å². The van der Waals surface area contributed by atoms with Gasteiger partial charge in [0.25, 0.3) is 5.91 Å². The number of aromatic nitrogens is 2. The summed E-state index contributed by atoms with van der Waals surface area (Å²) in [5, 5.41) is 12.1. The van der Waals surface area contributed by atoms with Crippen LogP contribution in [0.3, 0.4) is 0 Å². The molecule has 1 fully saturated rings. The van der Waals surface area contributed by atoms with Crippen LogP contribution in [0.15, 0.2) is 48.5 Å². The number of carbonyl (C=O) groups is 2. The van der Waals surface area contributed by atoms with Crippen molar-refractivity contribution < 1.29 is 29.0 Å². The van der Waals surface area contributed by atoms with Crippen LogP contribution in [0.4, 0.5) is 11.5 Å². The van der Waals surface area contributed by atoms with E-state index in [1.54, 1.807) is 58.9 Å². The van der Waals surface area contributed by atoms with Gasteiger partial charge in [-0.3, -0.25) is 14.8 Å². The number of ether oxygens (including phenoxy) is 3. The summed E-state index contributed by atoms with van der Waals surface area (Å²) in [5.41, 5.74) is 3.99. The van der Waals surface area contributed by atoms with E-state index in [9.17, 15) is 9.59 Å². The fraction of sp³-hybridized carbons (Fsp3) is 0.250. The molecular formula is C24H23N5O6. The van der Waals surface area contributed by atoms with Crippen molar-refractivity contribution in [1.29, 1.82) is 0 Å². The molecule has 180 valence electrons. The fourth-order valence-corrected chi connectivity index (χ4v) is 3.81. The molecule has 0 aliphatic carbocycles. The van der Waals surface area contributed by atoms with Crippen molar-refractivity contribution in [2.75, 3.05) is 38.4 Å². The Morgan fingerprint density at radius 3 is 2.51 bits per heavy atom. The zero-order valence-electron chi connectivity index (χ0n) is 18.7. The number of nitrogens with one attached hydrogen (secondary N) is 2. The molecule has 2 aliphatic rings. The molecular weight excluding hydrogens is 454 g/mol. The molecule has 2 aromatic carbocycles. The van der Waals surface area contributed by atoms with E-state index in [0.29, 0.717) is 72.0 Å². The lowest BCUT2D eigenvalue weighted by Gasteiger charge is -2.26. The molecule has 0 spiro atoms. The Morgan fingerprint density at radius 2 is 1.74 bits per heavy atom. The highest BCUT2D eigenvalue weighted by atomic mass is 16.7. The zero-order chi connectivity index (χ0) is 24.2. The maximum atomic E-state index is 12.7. The minimum absolute atomic E-state index is 0.0377. The number of fused-ring (bicyclic) bond motifs is 1. The molecule has 35 heavy (non-hydrogen) atoms.